The molecule has 33 heavy (non-hydrogen) atoms. The van der Waals surface area contributed by atoms with Crippen LogP contribution in [0.15, 0.2) is 30.3 Å². The van der Waals surface area contributed by atoms with E-state index in [2.05, 4.69) is 4.90 Å². The van der Waals surface area contributed by atoms with Crippen LogP contribution in [0.1, 0.15) is 53.8 Å². The van der Waals surface area contributed by atoms with Gasteiger partial charge in [0.15, 0.2) is 5.69 Å². The third-order valence-corrected chi connectivity index (χ3v) is 8.58. The number of likely N-dealkylation sites (tertiary alicyclic amines) is 1. The Morgan fingerprint density at radius 1 is 1.09 bits per heavy atom. The van der Waals surface area contributed by atoms with Crippen molar-refractivity contribution in [3.05, 3.63) is 47.3 Å². The topological polar surface area (TPSA) is 87.9 Å². The average Bonchev–Trinajstić information content (AvgIpc) is 3.24. The molecule has 8 heteroatoms. The number of aromatic nitrogens is 2. The highest BCUT2D eigenvalue weighted by molar-refractivity contribution is 5.96. The van der Waals surface area contributed by atoms with Gasteiger partial charge in [-0.05, 0) is 50.2 Å². The van der Waals surface area contributed by atoms with Crippen LogP contribution in [0, 0.1) is 11.3 Å². The van der Waals surface area contributed by atoms with E-state index in [4.69, 9.17) is 9.84 Å². The molecule has 2 aromatic rings. The number of carbonyl (C=O) groups excluding carboxylic acids is 2. The van der Waals surface area contributed by atoms with Gasteiger partial charge >= 0.3 is 0 Å². The van der Waals surface area contributed by atoms with Crippen molar-refractivity contribution in [2.45, 2.75) is 63.5 Å². The third-order valence-electron chi connectivity index (χ3n) is 8.58. The molecule has 4 atom stereocenters. The smallest absolute Gasteiger partial charge is 0.274 e. The van der Waals surface area contributed by atoms with Crippen molar-refractivity contribution >= 4 is 11.8 Å². The molecule has 7 rings (SSSR count). The highest BCUT2D eigenvalue weighted by atomic mass is 16.5. The van der Waals surface area contributed by atoms with Crippen LogP contribution in [0.3, 0.4) is 0 Å². The number of carbonyl (C=O) groups is 2. The summed E-state index contributed by atoms with van der Waals surface area (Å²) in [6, 6.07) is 10.1. The number of nitrogens with zero attached hydrogens (tertiary/aromatic N) is 4. The number of benzene rings is 1. The Morgan fingerprint density at radius 2 is 1.85 bits per heavy atom. The van der Waals surface area contributed by atoms with Crippen LogP contribution in [-0.2, 0) is 22.7 Å². The number of fused-ring (bicyclic) bond motifs is 4. The summed E-state index contributed by atoms with van der Waals surface area (Å²) in [5.41, 5.74) is 2.74. The fraction of sp³-hybridized carbons (Fsp3) is 0.560. The molecule has 4 aliphatic heterocycles. The Morgan fingerprint density at radius 3 is 2.61 bits per heavy atom. The zero-order valence-corrected chi connectivity index (χ0v) is 18.5. The van der Waals surface area contributed by atoms with Gasteiger partial charge in [0.25, 0.3) is 5.91 Å². The summed E-state index contributed by atoms with van der Waals surface area (Å²) in [5.74, 6) is 0.356. The molecule has 4 fully saturated rings. The molecule has 0 spiro atoms. The first-order valence-corrected chi connectivity index (χ1v) is 12.1. The molecule has 2 amide bonds. The van der Waals surface area contributed by atoms with E-state index in [-0.39, 0.29) is 35.9 Å². The number of ether oxygens (including phenoxy) is 1. The largest absolute Gasteiger partial charge is 0.393 e. The number of aliphatic hydroxyl groups excluding tert-OH is 1. The van der Waals surface area contributed by atoms with Crippen molar-refractivity contribution in [3.63, 3.8) is 0 Å². The Balaban J connectivity index is 1.14. The Labute approximate surface area is 192 Å². The van der Waals surface area contributed by atoms with E-state index in [9.17, 15) is 14.7 Å². The monoisotopic (exact) mass is 448 g/mol. The molecular formula is C25H28N4O4. The van der Waals surface area contributed by atoms with Gasteiger partial charge in [0.05, 0.1) is 36.1 Å². The minimum atomic E-state index is -0.430. The molecule has 0 radical (unpaired) electrons. The molecule has 5 heterocycles. The van der Waals surface area contributed by atoms with Crippen LogP contribution in [0.5, 0.6) is 0 Å². The van der Waals surface area contributed by atoms with Crippen molar-refractivity contribution in [2.24, 2.45) is 11.3 Å². The second kappa shape index (κ2) is 6.90. The minimum Gasteiger partial charge on any atom is -0.393 e. The second-order valence-corrected chi connectivity index (χ2v) is 10.5. The molecule has 172 valence electrons. The first kappa shape index (κ1) is 19.7. The summed E-state index contributed by atoms with van der Waals surface area (Å²) in [7, 11) is 0. The molecule has 2 bridgehead atoms. The van der Waals surface area contributed by atoms with E-state index in [0.29, 0.717) is 44.8 Å². The summed E-state index contributed by atoms with van der Waals surface area (Å²) in [6.45, 7) is 1.93. The van der Waals surface area contributed by atoms with E-state index >= 15 is 0 Å². The number of piperidine rings is 2. The third kappa shape index (κ3) is 2.80. The van der Waals surface area contributed by atoms with E-state index in [1.807, 2.05) is 39.9 Å². The molecule has 3 unspecified atom stereocenters. The number of aliphatic hydroxyl groups is 1. The molecule has 1 aromatic carbocycles. The van der Waals surface area contributed by atoms with Crippen molar-refractivity contribution in [2.75, 3.05) is 13.1 Å². The highest BCUT2D eigenvalue weighted by Gasteiger charge is 2.68. The Kier molecular flexibility index (Phi) is 4.13. The number of para-hydroxylation sites is 1. The number of hydrogen-bond acceptors (Lipinski definition) is 5. The number of hydrogen-bond donors (Lipinski definition) is 1. The van der Waals surface area contributed by atoms with Gasteiger partial charge in [-0.2, -0.15) is 5.10 Å². The van der Waals surface area contributed by atoms with Crippen molar-refractivity contribution in [1.82, 2.24) is 19.6 Å². The lowest BCUT2D eigenvalue weighted by Crippen LogP contribution is -2.52. The SMILES string of the molecule is O=C(c1nn(-c2ccccc2)c2c1COC2)N1CC2C[C@@]2(C(=O)N2C3CCC2CC(O)C3)C1. The van der Waals surface area contributed by atoms with Crippen LogP contribution in [0.25, 0.3) is 5.69 Å². The molecule has 1 saturated carbocycles. The van der Waals surface area contributed by atoms with Gasteiger partial charge in [-0.25, -0.2) is 4.68 Å². The Hall–Kier alpha value is -2.71. The lowest BCUT2D eigenvalue weighted by Gasteiger charge is -2.39. The van der Waals surface area contributed by atoms with Gasteiger partial charge < -0.3 is 19.6 Å². The zero-order chi connectivity index (χ0) is 22.3. The van der Waals surface area contributed by atoms with E-state index in [0.717, 1.165) is 36.2 Å². The molecule has 5 aliphatic rings. The molecule has 3 saturated heterocycles. The van der Waals surface area contributed by atoms with Gasteiger partial charge in [0.2, 0.25) is 5.91 Å². The van der Waals surface area contributed by atoms with E-state index < -0.39 is 5.41 Å². The summed E-state index contributed by atoms with van der Waals surface area (Å²) in [5, 5.41) is 14.8. The predicted octanol–water partition coefficient (Wildman–Crippen LogP) is 1.88. The summed E-state index contributed by atoms with van der Waals surface area (Å²) >= 11 is 0. The zero-order valence-electron chi connectivity index (χ0n) is 18.5. The van der Waals surface area contributed by atoms with Crippen molar-refractivity contribution in [3.8, 4) is 5.69 Å². The minimum absolute atomic E-state index is 0.0946. The van der Waals surface area contributed by atoms with Gasteiger partial charge in [-0.3, -0.25) is 9.59 Å². The molecule has 8 nitrogen and oxygen atoms in total. The van der Waals surface area contributed by atoms with Crippen LogP contribution in [0.4, 0.5) is 0 Å². The molecule has 1 aliphatic carbocycles. The second-order valence-electron chi connectivity index (χ2n) is 10.5. The normalized spacial score (nSPS) is 33.8. The molecule has 1 aromatic heterocycles. The van der Waals surface area contributed by atoms with Gasteiger partial charge in [-0.1, -0.05) is 18.2 Å². The highest BCUT2D eigenvalue weighted by Crippen LogP contribution is 2.60. The lowest BCUT2D eigenvalue weighted by molar-refractivity contribution is -0.143. The lowest BCUT2D eigenvalue weighted by atomic mass is 9.95. The van der Waals surface area contributed by atoms with Crippen molar-refractivity contribution in [1.29, 1.82) is 0 Å². The fourth-order valence-corrected chi connectivity index (χ4v) is 6.85. The van der Waals surface area contributed by atoms with Crippen molar-refractivity contribution < 1.29 is 19.4 Å². The number of rotatable bonds is 3. The fourth-order valence-electron chi connectivity index (χ4n) is 6.85. The standard InChI is InChI=1S/C25H28N4O4/c30-19-8-17-6-7-18(9-19)28(17)24(32)25-10-15(25)11-27(14-25)23(31)22-20-12-33-13-21(20)29(26-22)16-4-2-1-3-5-16/h1-5,15,17-19,30H,6-14H2/t15?,17?,18?,19?,25-/m1/s1. The van der Waals surface area contributed by atoms with Gasteiger partial charge in [0.1, 0.15) is 0 Å². The average molecular weight is 449 g/mol. The molecule has 1 N–H and O–H groups in total. The summed E-state index contributed by atoms with van der Waals surface area (Å²) in [6.07, 6.45) is 3.93. The summed E-state index contributed by atoms with van der Waals surface area (Å²) in [4.78, 5) is 31.2. The van der Waals surface area contributed by atoms with E-state index in [1.165, 1.54) is 0 Å². The maximum Gasteiger partial charge on any atom is 0.274 e. The van der Waals surface area contributed by atoms with Gasteiger partial charge in [0, 0.05) is 30.7 Å². The van der Waals surface area contributed by atoms with E-state index in [1.54, 1.807) is 0 Å². The van der Waals surface area contributed by atoms with Crippen LogP contribution < -0.4 is 0 Å². The first-order valence-electron chi connectivity index (χ1n) is 12.1. The molecular weight excluding hydrogens is 420 g/mol. The van der Waals surface area contributed by atoms with Crippen LogP contribution in [0.2, 0.25) is 0 Å². The maximum atomic E-state index is 13.7. The quantitative estimate of drug-likeness (QED) is 0.775. The Bertz CT molecular complexity index is 1130. The predicted molar refractivity (Wildman–Crippen MR) is 117 cm³/mol. The van der Waals surface area contributed by atoms with Crippen LogP contribution >= 0.6 is 0 Å². The van der Waals surface area contributed by atoms with Crippen LogP contribution in [-0.4, -0.2) is 67.8 Å². The first-order chi connectivity index (χ1) is 16.0. The summed E-state index contributed by atoms with van der Waals surface area (Å²) < 4.78 is 7.49. The van der Waals surface area contributed by atoms with Gasteiger partial charge in [-0.15, -0.1) is 0 Å². The number of amides is 2. The maximum absolute atomic E-state index is 13.7.